The number of nitro benzene ring substituents is 1. The minimum absolute atomic E-state index is 0.00641. The van der Waals surface area contributed by atoms with E-state index in [4.69, 9.17) is 19.3 Å². The van der Waals surface area contributed by atoms with Crippen molar-refractivity contribution in [3.05, 3.63) is 39.9 Å². The summed E-state index contributed by atoms with van der Waals surface area (Å²) in [4.78, 5) is 41.8. The lowest BCUT2D eigenvalue weighted by atomic mass is 9.57. The molecule has 1 aromatic rings. The van der Waals surface area contributed by atoms with Crippen molar-refractivity contribution in [3.8, 4) is 0 Å². The number of ether oxygens (including phenoxy) is 1. The number of carbonyl (C=O) groups excluding carboxylic acids is 1. The van der Waals surface area contributed by atoms with Gasteiger partial charge in [0.05, 0.1) is 4.92 Å². The van der Waals surface area contributed by atoms with Crippen molar-refractivity contribution in [2.24, 2.45) is 23.7 Å². The molecule has 31 heavy (non-hydrogen) atoms. The van der Waals surface area contributed by atoms with Gasteiger partial charge >= 0.3 is 0 Å². The normalized spacial score (nSPS) is 41.6. The maximum atomic E-state index is 13.4. The van der Waals surface area contributed by atoms with Crippen LogP contribution in [0.4, 0.5) is 5.69 Å². The molecular formula is C22H28N2O7. The molecule has 168 valence electrons. The van der Waals surface area contributed by atoms with Gasteiger partial charge in [0.2, 0.25) is 5.79 Å². The number of fused-ring (bicyclic) bond motifs is 2. The molecule has 1 spiro atoms. The van der Waals surface area contributed by atoms with Gasteiger partial charge in [0.15, 0.2) is 11.8 Å². The van der Waals surface area contributed by atoms with E-state index >= 15 is 0 Å². The van der Waals surface area contributed by atoms with Crippen LogP contribution in [0.25, 0.3) is 0 Å². The van der Waals surface area contributed by atoms with Crippen LogP contribution >= 0.6 is 0 Å². The number of non-ortho nitro benzene ring substituents is 1. The fourth-order valence-electron chi connectivity index (χ4n) is 6.01. The van der Waals surface area contributed by atoms with E-state index in [2.05, 4.69) is 6.92 Å². The first-order chi connectivity index (χ1) is 14.7. The number of nitro groups is 1. The largest absolute Gasteiger partial charge is 0.318 e. The summed E-state index contributed by atoms with van der Waals surface area (Å²) in [6.45, 7) is 6.10. The Balaban J connectivity index is 1.46. The van der Waals surface area contributed by atoms with Crippen LogP contribution in [0.2, 0.25) is 0 Å². The average Bonchev–Trinajstić information content (AvgIpc) is 2.98. The second-order valence-corrected chi connectivity index (χ2v) is 9.58. The molecule has 6 rings (SSSR count). The van der Waals surface area contributed by atoms with Gasteiger partial charge in [-0.2, -0.15) is 5.06 Å². The standard InChI is InChI=1S/C22H28N2O7/c1-13-4-9-18-14(2)19(25)23(28-12-15-5-7-16(8-6-15)24(26)27)20-22(18)17(13)10-11-21(3,29-20)30-31-22/h5-8,13-14,17-18,20H,4,9-12H2,1-3H3/t13-,14-,17+,18+,20-,21-,22-/m1/s1. The van der Waals surface area contributed by atoms with E-state index in [1.165, 1.54) is 17.2 Å². The number of carbonyl (C=O) groups is 1. The summed E-state index contributed by atoms with van der Waals surface area (Å²) in [5.41, 5.74) is -0.0345. The Hall–Kier alpha value is -2.07. The van der Waals surface area contributed by atoms with Gasteiger partial charge < -0.3 is 4.74 Å². The Morgan fingerprint density at radius 2 is 1.90 bits per heavy atom. The first-order valence-corrected chi connectivity index (χ1v) is 11.0. The molecule has 5 aliphatic rings. The number of piperidine rings is 1. The van der Waals surface area contributed by atoms with Crippen LogP contribution in [0.3, 0.4) is 0 Å². The first-order valence-electron chi connectivity index (χ1n) is 11.0. The highest BCUT2D eigenvalue weighted by atomic mass is 17.3. The first kappa shape index (κ1) is 20.8. The van der Waals surface area contributed by atoms with Gasteiger partial charge in [-0.1, -0.05) is 13.8 Å². The van der Waals surface area contributed by atoms with E-state index in [-0.39, 0.29) is 36.0 Å². The van der Waals surface area contributed by atoms with Gasteiger partial charge in [0.1, 0.15) is 6.61 Å². The van der Waals surface area contributed by atoms with Crippen molar-refractivity contribution in [1.29, 1.82) is 0 Å². The number of amides is 1. The summed E-state index contributed by atoms with van der Waals surface area (Å²) in [7, 11) is 0. The number of nitrogens with zero attached hydrogens (tertiary/aromatic N) is 2. The van der Waals surface area contributed by atoms with Crippen LogP contribution in [-0.4, -0.2) is 33.5 Å². The number of benzene rings is 1. The van der Waals surface area contributed by atoms with Crippen LogP contribution < -0.4 is 0 Å². The Labute approximate surface area is 180 Å². The molecule has 5 fully saturated rings. The molecule has 9 nitrogen and oxygen atoms in total. The summed E-state index contributed by atoms with van der Waals surface area (Å²) in [5.74, 6) is -0.751. The molecule has 0 aromatic heterocycles. The molecular weight excluding hydrogens is 404 g/mol. The number of hydrogen-bond donors (Lipinski definition) is 0. The Bertz CT molecular complexity index is 892. The predicted molar refractivity (Wildman–Crippen MR) is 107 cm³/mol. The predicted octanol–water partition coefficient (Wildman–Crippen LogP) is 3.72. The summed E-state index contributed by atoms with van der Waals surface area (Å²) in [5, 5.41) is 12.2. The van der Waals surface area contributed by atoms with Gasteiger partial charge in [-0.3, -0.25) is 19.7 Å². The Morgan fingerprint density at radius 3 is 2.61 bits per heavy atom. The third-order valence-corrected chi connectivity index (χ3v) is 7.74. The lowest BCUT2D eigenvalue weighted by Gasteiger charge is -2.60. The third kappa shape index (κ3) is 3.09. The molecule has 0 radical (unpaired) electrons. The van der Waals surface area contributed by atoms with Crippen LogP contribution in [0.5, 0.6) is 0 Å². The van der Waals surface area contributed by atoms with Gasteiger partial charge in [-0.05, 0) is 55.7 Å². The summed E-state index contributed by atoms with van der Waals surface area (Å²) in [6, 6.07) is 6.11. The second-order valence-electron chi connectivity index (χ2n) is 9.58. The van der Waals surface area contributed by atoms with E-state index in [0.29, 0.717) is 12.3 Å². The zero-order valence-corrected chi connectivity index (χ0v) is 18.0. The molecule has 4 saturated heterocycles. The van der Waals surface area contributed by atoms with Gasteiger partial charge in [-0.15, -0.1) is 0 Å². The van der Waals surface area contributed by atoms with Crippen LogP contribution in [-0.2, 0) is 30.8 Å². The monoisotopic (exact) mass is 432 g/mol. The zero-order valence-electron chi connectivity index (χ0n) is 18.0. The topological polar surface area (TPSA) is 100 Å². The van der Waals surface area contributed by atoms with E-state index in [1.807, 2.05) is 13.8 Å². The summed E-state index contributed by atoms with van der Waals surface area (Å²) >= 11 is 0. The molecule has 1 aliphatic carbocycles. The minimum atomic E-state index is -0.937. The number of hydroxylamine groups is 2. The lowest BCUT2D eigenvalue weighted by Crippen LogP contribution is -2.74. The fraction of sp³-hybridized carbons (Fsp3) is 0.682. The van der Waals surface area contributed by atoms with Gasteiger partial charge in [-0.25, -0.2) is 9.78 Å². The van der Waals surface area contributed by atoms with Crippen molar-refractivity contribution < 1.29 is 29.1 Å². The molecule has 4 aliphatic heterocycles. The SMILES string of the molecule is C[C@@H]1CC[C@H]2[C@@H](C)C(=O)N(OCc3ccc([N+](=O)[O-])cc3)[C@@H]3O[C@@]4(C)CC[C@@H]1[C@@]23OO4. The number of rotatable bonds is 4. The molecule has 2 bridgehead atoms. The zero-order chi connectivity index (χ0) is 22.0. The van der Waals surface area contributed by atoms with Crippen molar-refractivity contribution in [1.82, 2.24) is 5.06 Å². The maximum Gasteiger partial charge on any atom is 0.269 e. The smallest absolute Gasteiger partial charge is 0.269 e. The highest BCUT2D eigenvalue weighted by Crippen LogP contribution is 2.60. The minimum Gasteiger partial charge on any atom is -0.318 e. The number of hydrogen-bond acceptors (Lipinski definition) is 7. The fourth-order valence-corrected chi connectivity index (χ4v) is 6.01. The quantitative estimate of drug-likeness (QED) is 0.406. The average molecular weight is 432 g/mol. The van der Waals surface area contributed by atoms with E-state index in [9.17, 15) is 14.9 Å². The molecule has 0 N–H and O–H groups in total. The van der Waals surface area contributed by atoms with Crippen LogP contribution in [0.15, 0.2) is 24.3 Å². The molecule has 1 saturated carbocycles. The lowest BCUT2D eigenvalue weighted by molar-refractivity contribution is -0.560. The van der Waals surface area contributed by atoms with Crippen molar-refractivity contribution >= 4 is 11.6 Å². The molecule has 1 aromatic carbocycles. The van der Waals surface area contributed by atoms with Gasteiger partial charge in [0, 0.05) is 30.4 Å². The van der Waals surface area contributed by atoms with Crippen molar-refractivity contribution in [3.63, 3.8) is 0 Å². The van der Waals surface area contributed by atoms with E-state index < -0.39 is 22.5 Å². The molecule has 0 unspecified atom stereocenters. The van der Waals surface area contributed by atoms with Crippen molar-refractivity contribution in [2.75, 3.05) is 0 Å². The molecule has 1 amide bonds. The Kier molecular flexibility index (Phi) is 4.85. The van der Waals surface area contributed by atoms with Gasteiger partial charge in [0.25, 0.3) is 11.6 Å². The van der Waals surface area contributed by atoms with Crippen LogP contribution in [0.1, 0.15) is 52.0 Å². The third-order valence-electron chi connectivity index (χ3n) is 7.74. The molecule has 4 heterocycles. The van der Waals surface area contributed by atoms with E-state index in [0.717, 1.165) is 24.8 Å². The maximum absolute atomic E-state index is 13.4. The second kappa shape index (κ2) is 7.23. The Morgan fingerprint density at radius 1 is 1.16 bits per heavy atom. The highest BCUT2D eigenvalue weighted by Gasteiger charge is 2.71. The van der Waals surface area contributed by atoms with Crippen molar-refractivity contribution in [2.45, 2.75) is 70.7 Å². The molecule has 9 heteroatoms. The highest BCUT2D eigenvalue weighted by molar-refractivity contribution is 5.79. The van der Waals surface area contributed by atoms with Crippen LogP contribution in [0, 0.1) is 33.8 Å². The molecule has 7 atom stereocenters. The van der Waals surface area contributed by atoms with E-state index in [1.54, 1.807) is 12.1 Å². The summed E-state index contributed by atoms with van der Waals surface area (Å²) < 4.78 is 6.39. The summed E-state index contributed by atoms with van der Waals surface area (Å²) in [6.07, 6.45) is 2.81.